The van der Waals surface area contributed by atoms with Gasteiger partial charge in [-0.25, -0.2) is 8.42 Å². The number of nitrogens with one attached hydrogen (secondary N) is 3. The SMILES string of the molecule is Cc1cc(C)cc(NS(=O)(=O)c2ccc3c(c2)C2C=CCC2C(c2c[nH]c4ccccc24)N3)c1. The van der Waals surface area contributed by atoms with Crippen molar-refractivity contribution in [2.45, 2.75) is 37.1 Å². The van der Waals surface area contributed by atoms with Crippen LogP contribution in [0.1, 0.15) is 40.6 Å². The second-order valence-electron chi connectivity index (χ2n) is 9.50. The topological polar surface area (TPSA) is 74.0 Å². The molecule has 0 radical (unpaired) electrons. The summed E-state index contributed by atoms with van der Waals surface area (Å²) in [4.78, 5) is 3.69. The number of aryl methyl sites for hydroxylation is 2. The summed E-state index contributed by atoms with van der Waals surface area (Å²) in [6.07, 6.45) is 7.53. The van der Waals surface area contributed by atoms with Crippen LogP contribution in [0.2, 0.25) is 0 Å². The summed E-state index contributed by atoms with van der Waals surface area (Å²) >= 11 is 0. The quantitative estimate of drug-likeness (QED) is 0.302. The largest absolute Gasteiger partial charge is 0.378 e. The first-order valence-electron chi connectivity index (χ1n) is 11.6. The number of allylic oxidation sites excluding steroid dienone is 2. The Morgan fingerprint density at radius 2 is 1.74 bits per heavy atom. The molecule has 6 rings (SSSR count). The molecule has 0 amide bonds. The summed E-state index contributed by atoms with van der Waals surface area (Å²) in [6.45, 7) is 3.93. The van der Waals surface area contributed by atoms with Gasteiger partial charge in [-0.1, -0.05) is 36.4 Å². The van der Waals surface area contributed by atoms with Crippen LogP contribution in [-0.4, -0.2) is 13.4 Å². The number of benzene rings is 3. The lowest BCUT2D eigenvalue weighted by Crippen LogP contribution is -2.29. The number of H-pyrrole nitrogens is 1. The van der Waals surface area contributed by atoms with E-state index in [1.807, 2.05) is 50.2 Å². The molecule has 34 heavy (non-hydrogen) atoms. The maximum atomic E-state index is 13.2. The van der Waals surface area contributed by atoms with E-state index in [9.17, 15) is 8.42 Å². The zero-order chi connectivity index (χ0) is 23.4. The number of aromatic amines is 1. The molecule has 3 N–H and O–H groups in total. The summed E-state index contributed by atoms with van der Waals surface area (Å²) in [6, 6.07) is 19.7. The molecule has 5 nitrogen and oxygen atoms in total. The summed E-state index contributed by atoms with van der Waals surface area (Å²) in [5, 5.41) is 4.96. The van der Waals surface area contributed by atoms with Crippen molar-refractivity contribution < 1.29 is 8.42 Å². The molecule has 3 aromatic carbocycles. The standard InChI is InChI=1S/C28H27N3O2S/c1-17-12-18(2)14-19(13-17)31-34(32,33)20-10-11-27-24(15-20)21-7-5-8-23(21)28(30-27)25-16-29-26-9-4-3-6-22(25)26/h3-7,9-16,21,23,28-31H,8H2,1-2H3. The van der Waals surface area contributed by atoms with Gasteiger partial charge in [0, 0.05) is 34.4 Å². The Kier molecular flexibility index (Phi) is 4.81. The zero-order valence-electron chi connectivity index (χ0n) is 19.2. The molecule has 0 fully saturated rings. The fourth-order valence-electron chi connectivity index (χ4n) is 5.65. The van der Waals surface area contributed by atoms with E-state index in [1.54, 1.807) is 6.07 Å². The maximum Gasteiger partial charge on any atom is 0.261 e. The smallest absolute Gasteiger partial charge is 0.261 e. The summed E-state index contributed by atoms with van der Waals surface area (Å²) < 4.78 is 29.3. The van der Waals surface area contributed by atoms with E-state index < -0.39 is 10.0 Å². The summed E-state index contributed by atoms with van der Waals surface area (Å²) in [5.74, 6) is 0.503. The molecule has 3 unspecified atom stereocenters. The highest BCUT2D eigenvalue weighted by Gasteiger charge is 2.39. The molecule has 1 aliphatic heterocycles. The lowest BCUT2D eigenvalue weighted by molar-refractivity contribution is 0.427. The third-order valence-corrected chi connectivity index (χ3v) is 8.45. The average molecular weight is 470 g/mol. The summed E-state index contributed by atoms with van der Waals surface area (Å²) in [5.41, 5.74) is 7.06. The van der Waals surface area contributed by atoms with Crippen molar-refractivity contribution in [1.29, 1.82) is 0 Å². The number of hydrogen-bond donors (Lipinski definition) is 3. The number of hydrogen-bond acceptors (Lipinski definition) is 3. The fourth-order valence-corrected chi connectivity index (χ4v) is 6.72. The second kappa shape index (κ2) is 7.77. The molecule has 1 aromatic heterocycles. The third kappa shape index (κ3) is 3.49. The Balaban J connectivity index is 1.37. The minimum absolute atomic E-state index is 0.152. The second-order valence-corrected chi connectivity index (χ2v) is 11.2. The van der Waals surface area contributed by atoms with E-state index in [-0.39, 0.29) is 16.9 Å². The number of anilines is 2. The van der Waals surface area contributed by atoms with Crippen LogP contribution >= 0.6 is 0 Å². The predicted molar refractivity (Wildman–Crippen MR) is 138 cm³/mol. The number of fused-ring (bicyclic) bond motifs is 4. The normalized spacial score (nSPS) is 21.2. The van der Waals surface area contributed by atoms with Gasteiger partial charge in [-0.15, -0.1) is 0 Å². The molecule has 3 atom stereocenters. The number of aromatic nitrogens is 1. The molecular formula is C28H27N3O2S. The first kappa shape index (κ1) is 21.1. The lowest BCUT2D eigenvalue weighted by atomic mass is 9.77. The van der Waals surface area contributed by atoms with Crippen LogP contribution in [0.4, 0.5) is 11.4 Å². The van der Waals surface area contributed by atoms with E-state index in [4.69, 9.17) is 0 Å². The van der Waals surface area contributed by atoms with Gasteiger partial charge in [-0.3, -0.25) is 4.72 Å². The van der Waals surface area contributed by atoms with Crippen molar-refractivity contribution >= 4 is 32.3 Å². The zero-order valence-corrected chi connectivity index (χ0v) is 20.0. The van der Waals surface area contributed by atoms with Crippen molar-refractivity contribution in [3.8, 4) is 0 Å². The molecule has 0 saturated heterocycles. The number of rotatable bonds is 4. The van der Waals surface area contributed by atoms with Gasteiger partial charge in [0.05, 0.1) is 10.9 Å². The molecule has 172 valence electrons. The molecule has 2 aliphatic rings. The van der Waals surface area contributed by atoms with Gasteiger partial charge in [-0.05, 0) is 84.8 Å². The Morgan fingerprint density at radius 1 is 0.941 bits per heavy atom. The number of sulfonamides is 1. The van der Waals surface area contributed by atoms with Crippen LogP contribution in [0.5, 0.6) is 0 Å². The Morgan fingerprint density at radius 3 is 2.56 bits per heavy atom. The van der Waals surface area contributed by atoms with Crippen molar-refractivity contribution in [2.24, 2.45) is 5.92 Å². The Hall–Kier alpha value is -3.51. The first-order valence-corrected chi connectivity index (χ1v) is 13.1. The van der Waals surface area contributed by atoms with Crippen molar-refractivity contribution in [3.05, 3.63) is 101 Å². The molecule has 1 aliphatic carbocycles. The van der Waals surface area contributed by atoms with Gasteiger partial charge in [0.15, 0.2) is 0 Å². The van der Waals surface area contributed by atoms with Gasteiger partial charge >= 0.3 is 0 Å². The van der Waals surface area contributed by atoms with E-state index in [0.717, 1.165) is 34.3 Å². The van der Waals surface area contributed by atoms with E-state index in [2.05, 4.69) is 51.6 Å². The Bertz CT molecular complexity index is 1530. The molecule has 6 heteroatoms. The van der Waals surface area contributed by atoms with Gasteiger partial charge in [0.2, 0.25) is 0 Å². The monoisotopic (exact) mass is 469 g/mol. The Labute approximate surface area is 200 Å². The highest BCUT2D eigenvalue weighted by atomic mass is 32.2. The maximum absolute atomic E-state index is 13.2. The molecule has 0 saturated carbocycles. The van der Waals surface area contributed by atoms with Crippen molar-refractivity contribution in [3.63, 3.8) is 0 Å². The highest BCUT2D eigenvalue weighted by Crippen LogP contribution is 2.51. The summed E-state index contributed by atoms with van der Waals surface area (Å²) in [7, 11) is -3.70. The van der Waals surface area contributed by atoms with E-state index >= 15 is 0 Å². The molecule has 0 bridgehead atoms. The van der Waals surface area contributed by atoms with E-state index in [0.29, 0.717) is 11.6 Å². The molecule has 4 aromatic rings. The van der Waals surface area contributed by atoms with Crippen molar-refractivity contribution in [2.75, 3.05) is 10.0 Å². The highest BCUT2D eigenvalue weighted by molar-refractivity contribution is 7.92. The van der Waals surface area contributed by atoms with Gasteiger partial charge in [0.25, 0.3) is 10.0 Å². The lowest BCUT2D eigenvalue weighted by Gasteiger charge is -2.37. The van der Waals surface area contributed by atoms with Crippen LogP contribution in [0.3, 0.4) is 0 Å². The van der Waals surface area contributed by atoms with Crippen LogP contribution in [0.15, 0.2) is 83.9 Å². The first-order chi connectivity index (χ1) is 16.4. The van der Waals surface area contributed by atoms with Crippen LogP contribution in [0, 0.1) is 19.8 Å². The minimum atomic E-state index is -3.70. The van der Waals surface area contributed by atoms with E-state index in [1.165, 1.54) is 10.9 Å². The predicted octanol–water partition coefficient (Wildman–Crippen LogP) is 6.41. The molecule has 0 spiro atoms. The van der Waals surface area contributed by atoms with Crippen LogP contribution in [-0.2, 0) is 10.0 Å². The van der Waals surface area contributed by atoms with Crippen molar-refractivity contribution in [1.82, 2.24) is 4.98 Å². The molecule has 2 heterocycles. The third-order valence-electron chi connectivity index (χ3n) is 7.07. The van der Waals surface area contributed by atoms with Gasteiger partial charge in [0.1, 0.15) is 0 Å². The van der Waals surface area contributed by atoms with Gasteiger partial charge in [-0.2, -0.15) is 0 Å². The molecular weight excluding hydrogens is 442 g/mol. The average Bonchev–Trinajstić information content (AvgIpc) is 3.45. The van der Waals surface area contributed by atoms with Crippen LogP contribution < -0.4 is 10.0 Å². The number of para-hydroxylation sites is 1. The fraction of sp³-hybridized carbons (Fsp3) is 0.214. The van der Waals surface area contributed by atoms with Gasteiger partial charge < -0.3 is 10.3 Å². The minimum Gasteiger partial charge on any atom is -0.378 e. The van der Waals surface area contributed by atoms with Crippen LogP contribution in [0.25, 0.3) is 10.9 Å².